The Bertz CT molecular complexity index is 451. The van der Waals surface area contributed by atoms with Crippen LogP contribution in [0.3, 0.4) is 0 Å². The van der Waals surface area contributed by atoms with Crippen molar-refractivity contribution in [2.45, 2.75) is 5.75 Å². The van der Waals surface area contributed by atoms with Gasteiger partial charge in [0, 0.05) is 20.1 Å². The van der Waals surface area contributed by atoms with E-state index in [1.54, 1.807) is 7.05 Å². The first kappa shape index (κ1) is 17.3. The number of hydrogen-bond donors (Lipinski definition) is 1. The van der Waals surface area contributed by atoms with E-state index in [1.807, 2.05) is 0 Å². The Morgan fingerprint density at radius 1 is 1.28 bits per heavy atom. The van der Waals surface area contributed by atoms with Gasteiger partial charge in [0.15, 0.2) is 0 Å². The first-order chi connectivity index (χ1) is 7.95. The molecule has 0 spiro atoms. The Labute approximate surface area is 114 Å². The quantitative estimate of drug-likeness (QED) is 0.859. The summed E-state index contributed by atoms with van der Waals surface area (Å²) in [5.74, 6) is -0.470. The molecule has 0 atom stereocenters. The van der Waals surface area contributed by atoms with Crippen LogP contribution in [0.2, 0.25) is 0 Å². The van der Waals surface area contributed by atoms with Gasteiger partial charge in [-0.1, -0.05) is 12.1 Å². The van der Waals surface area contributed by atoms with Crippen LogP contribution in [0.5, 0.6) is 0 Å². The fraction of sp³-hybridized carbons (Fsp3) is 0.455. The number of nitrogens with zero attached hydrogens (tertiary/aromatic N) is 1. The molecule has 0 saturated heterocycles. The van der Waals surface area contributed by atoms with Crippen LogP contribution in [0.4, 0.5) is 4.39 Å². The maximum absolute atomic E-state index is 12.7. The summed E-state index contributed by atoms with van der Waals surface area (Å²) in [4.78, 5) is 0. The maximum Gasteiger partial charge on any atom is 0.218 e. The second-order valence-corrected chi connectivity index (χ2v) is 5.88. The average molecular weight is 297 g/mol. The van der Waals surface area contributed by atoms with Gasteiger partial charge in [0.05, 0.1) is 5.75 Å². The molecule has 0 aromatic heterocycles. The molecule has 7 heteroatoms. The molecule has 0 heterocycles. The molecule has 1 N–H and O–H groups in total. The van der Waals surface area contributed by atoms with Gasteiger partial charge in [-0.25, -0.2) is 17.1 Å². The lowest BCUT2D eigenvalue weighted by atomic mass is 10.2. The second-order valence-electron chi connectivity index (χ2n) is 3.81. The predicted molar refractivity (Wildman–Crippen MR) is 72.8 cm³/mol. The number of nitrogens with one attached hydrogen (secondary N) is 1. The lowest BCUT2D eigenvalue weighted by Gasteiger charge is -2.16. The summed E-state index contributed by atoms with van der Waals surface area (Å²) in [6, 6.07) is 5.49. The third-order valence-electron chi connectivity index (χ3n) is 2.41. The van der Waals surface area contributed by atoms with E-state index in [4.69, 9.17) is 0 Å². The Kier molecular flexibility index (Phi) is 7.39. The Morgan fingerprint density at radius 3 is 2.33 bits per heavy atom. The van der Waals surface area contributed by atoms with Crippen LogP contribution < -0.4 is 5.32 Å². The molecular formula is C11H18ClFN2O2S. The number of sulfonamides is 1. The first-order valence-corrected chi connectivity index (χ1v) is 6.89. The van der Waals surface area contributed by atoms with Gasteiger partial charge in [0.25, 0.3) is 0 Å². The molecule has 0 saturated carbocycles. The molecule has 0 radical (unpaired) electrons. The van der Waals surface area contributed by atoms with Crippen molar-refractivity contribution in [1.82, 2.24) is 9.62 Å². The average Bonchev–Trinajstić information content (AvgIpc) is 2.28. The van der Waals surface area contributed by atoms with Crippen LogP contribution in [0.1, 0.15) is 5.56 Å². The minimum Gasteiger partial charge on any atom is -0.318 e. The van der Waals surface area contributed by atoms with Crippen LogP contribution in [0.15, 0.2) is 24.3 Å². The lowest BCUT2D eigenvalue weighted by Crippen LogP contribution is -2.33. The van der Waals surface area contributed by atoms with E-state index < -0.39 is 10.0 Å². The Morgan fingerprint density at radius 2 is 1.83 bits per heavy atom. The monoisotopic (exact) mass is 296 g/mol. The van der Waals surface area contributed by atoms with Crippen molar-refractivity contribution in [1.29, 1.82) is 0 Å². The van der Waals surface area contributed by atoms with Crippen LogP contribution in [0.25, 0.3) is 0 Å². The van der Waals surface area contributed by atoms with E-state index in [0.29, 0.717) is 18.7 Å². The van der Waals surface area contributed by atoms with Gasteiger partial charge in [-0.2, -0.15) is 0 Å². The van der Waals surface area contributed by atoms with Crippen LogP contribution >= 0.6 is 12.4 Å². The summed E-state index contributed by atoms with van der Waals surface area (Å²) in [5, 5.41) is 2.89. The molecule has 4 nitrogen and oxygen atoms in total. The number of likely N-dealkylation sites (N-methyl/N-ethyl adjacent to an activating group) is 2. The number of rotatable bonds is 6. The van der Waals surface area contributed by atoms with Gasteiger partial charge >= 0.3 is 0 Å². The van der Waals surface area contributed by atoms with E-state index in [1.165, 1.54) is 35.6 Å². The largest absolute Gasteiger partial charge is 0.318 e. The maximum atomic E-state index is 12.7. The normalized spacial score (nSPS) is 11.3. The van der Waals surface area contributed by atoms with Crippen molar-refractivity contribution in [3.05, 3.63) is 35.6 Å². The van der Waals surface area contributed by atoms with Crippen molar-refractivity contribution >= 4 is 22.4 Å². The summed E-state index contributed by atoms with van der Waals surface area (Å²) in [6.07, 6.45) is 0. The smallest absolute Gasteiger partial charge is 0.218 e. The highest BCUT2D eigenvalue weighted by Gasteiger charge is 2.17. The number of hydrogen-bond acceptors (Lipinski definition) is 3. The highest BCUT2D eigenvalue weighted by atomic mass is 35.5. The van der Waals surface area contributed by atoms with Gasteiger partial charge in [0.1, 0.15) is 5.82 Å². The molecule has 18 heavy (non-hydrogen) atoms. The van der Waals surface area contributed by atoms with E-state index in [9.17, 15) is 12.8 Å². The molecule has 0 fully saturated rings. The van der Waals surface area contributed by atoms with Crippen LogP contribution in [-0.4, -0.2) is 39.9 Å². The van der Waals surface area contributed by atoms with E-state index in [2.05, 4.69) is 5.32 Å². The van der Waals surface area contributed by atoms with Crippen molar-refractivity contribution in [3.8, 4) is 0 Å². The topological polar surface area (TPSA) is 49.4 Å². The molecule has 0 aliphatic carbocycles. The van der Waals surface area contributed by atoms with Gasteiger partial charge in [-0.05, 0) is 24.7 Å². The van der Waals surface area contributed by atoms with E-state index in [-0.39, 0.29) is 24.0 Å². The molecule has 0 amide bonds. The summed E-state index contributed by atoms with van der Waals surface area (Å²) >= 11 is 0. The van der Waals surface area contributed by atoms with E-state index >= 15 is 0 Å². The zero-order valence-electron chi connectivity index (χ0n) is 10.4. The summed E-state index contributed by atoms with van der Waals surface area (Å²) in [5.41, 5.74) is 0.586. The minimum absolute atomic E-state index is 0. The molecule has 104 valence electrons. The zero-order chi connectivity index (χ0) is 12.9. The first-order valence-electron chi connectivity index (χ1n) is 5.29. The van der Waals surface area contributed by atoms with Crippen LogP contribution in [-0.2, 0) is 15.8 Å². The SMILES string of the molecule is CNCCN(C)S(=O)(=O)Cc1ccc(F)cc1.Cl. The number of benzene rings is 1. The summed E-state index contributed by atoms with van der Waals surface area (Å²) < 4.78 is 37.8. The standard InChI is InChI=1S/C11H17FN2O2S.ClH/c1-13-7-8-14(2)17(15,16)9-10-3-5-11(12)6-4-10;/h3-6,13H,7-9H2,1-2H3;1H. The highest BCUT2D eigenvalue weighted by Crippen LogP contribution is 2.10. The predicted octanol–water partition coefficient (Wildman–Crippen LogP) is 1.23. The Hall–Kier alpha value is -0.690. The number of halogens is 2. The Balaban J connectivity index is 0.00000289. The van der Waals surface area contributed by atoms with Crippen molar-refractivity contribution < 1.29 is 12.8 Å². The third-order valence-corrected chi connectivity index (χ3v) is 4.24. The zero-order valence-corrected chi connectivity index (χ0v) is 12.0. The van der Waals surface area contributed by atoms with Crippen molar-refractivity contribution in [2.75, 3.05) is 27.2 Å². The van der Waals surface area contributed by atoms with Crippen molar-refractivity contribution in [2.24, 2.45) is 0 Å². The minimum atomic E-state index is -3.33. The van der Waals surface area contributed by atoms with Gasteiger partial charge in [-0.3, -0.25) is 0 Å². The molecule has 0 bridgehead atoms. The van der Waals surface area contributed by atoms with Crippen LogP contribution in [0, 0.1) is 5.82 Å². The van der Waals surface area contributed by atoms with Gasteiger partial charge in [-0.15, -0.1) is 12.4 Å². The molecule has 1 aromatic rings. The molecule has 0 aliphatic rings. The summed E-state index contributed by atoms with van der Waals surface area (Å²) in [7, 11) is -0.0253. The van der Waals surface area contributed by atoms with E-state index in [0.717, 1.165) is 0 Å². The summed E-state index contributed by atoms with van der Waals surface area (Å²) in [6.45, 7) is 1.01. The lowest BCUT2D eigenvalue weighted by molar-refractivity contribution is 0.465. The molecule has 1 aromatic carbocycles. The molecular weight excluding hydrogens is 279 g/mol. The van der Waals surface area contributed by atoms with Gasteiger partial charge in [0.2, 0.25) is 10.0 Å². The van der Waals surface area contributed by atoms with Gasteiger partial charge < -0.3 is 5.32 Å². The molecule has 0 aliphatic heterocycles. The fourth-order valence-corrected chi connectivity index (χ4v) is 2.51. The van der Waals surface area contributed by atoms with Crippen molar-refractivity contribution in [3.63, 3.8) is 0 Å². The highest BCUT2D eigenvalue weighted by molar-refractivity contribution is 7.88. The third kappa shape index (κ3) is 5.30. The molecule has 1 rings (SSSR count). The molecule has 0 unspecified atom stereocenters. The second kappa shape index (κ2) is 7.68. The fourth-order valence-electron chi connectivity index (χ4n) is 1.31.